The fourth-order valence-electron chi connectivity index (χ4n) is 3.29. The highest BCUT2D eigenvalue weighted by Gasteiger charge is 2.19. The van der Waals surface area contributed by atoms with Crippen molar-refractivity contribution >= 4 is 21.6 Å². The Morgan fingerprint density at radius 2 is 1.74 bits per heavy atom. The number of benzene rings is 2. The van der Waals surface area contributed by atoms with Crippen LogP contribution >= 0.6 is 0 Å². The van der Waals surface area contributed by atoms with Crippen LogP contribution in [0.1, 0.15) is 17.5 Å². The number of sulfonamides is 1. The molecule has 0 fully saturated rings. The highest BCUT2D eigenvalue weighted by Crippen LogP contribution is 2.32. The zero-order chi connectivity index (χ0) is 18.9. The zero-order valence-electron chi connectivity index (χ0n) is 14.7. The average molecular weight is 388 g/mol. The summed E-state index contributed by atoms with van der Waals surface area (Å²) in [6.07, 6.45) is 2.93. The highest BCUT2D eigenvalue weighted by atomic mass is 32.2. The van der Waals surface area contributed by atoms with Gasteiger partial charge in [-0.05, 0) is 54.7 Å². The predicted molar refractivity (Wildman–Crippen MR) is 99.7 cm³/mol. The summed E-state index contributed by atoms with van der Waals surface area (Å²) >= 11 is 0. The van der Waals surface area contributed by atoms with Crippen LogP contribution in [0.3, 0.4) is 0 Å². The summed E-state index contributed by atoms with van der Waals surface area (Å²) < 4.78 is 38.2. The molecule has 2 N–H and O–H groups in total. The standard InChI is InChI=1S/C19H20N2O5S/c22-19(21-15-5-7-17-18(11-15)26-9-8-25-17)12-20-27(23,24)16-6-4-13-2-1-3-14(13)10-16/h4-7,10-11,20H,1-3,8-9,12H2,(H,21,22). The summed E-state index contributed by atoms with van der Waals surface area (Å²) in [6, 6.07) is 10.2. The van der Waals surface area contributed by atoms with Gasteiger partial charge in [-0.3, -0.25) is 4.79 Å². The van der Waals surface area contributed by atoms with Crippen molar-refractivity contribution in [1.82, 2.24) is 4.72 Å². The second-order valence-electron chi connectivity index (χ2n) is 6.52. The monoisotopic (exact) mass is 388 g/mol. The molecule has 2 aliphatic rings. The van der Waals surface area contributed by atoms with Crippen LogP contribution in [0.25, 0.3) is 0 Å². The Labute approximate surface area is 157 Å². The fraction of sp³-hybridized carbons (Fsp3) is 0.316. The first-order valence-electron chi connectivity index (χ1n) is 8.82. The zero-order valence-corrected chi connectivity index (χ0v) is 15.5. The number of amides is 1. The van der Waals surface area contributed by atoms with Crippen LogP contribution in [0.5, 0.6) is 11.5 Å². The Bertz CT molecular complexity index is 988. The van der Waals surface area contributed by atoms with Gasteiger partial charge in [0, 0.05) is 11.8 Å². The second kappa shape index (κ2) is 7.21. The maximum absolute atomic E-state index is 12.5. The van der Waals surface area contributed by atoms with E-state index in [1.54, 1.807) is 30.3 Å². The number of fused-ring (bicyclic) bond motifs is 2. The van der Waals surface area contributed by atoms with E-state index in [4.69, 9.17) is 9.47 Å². The van der Waals surface area contributed by atoms with Crippen molar-refractivity contribution in [3.63, 3.8) is 0 Å². The maximum Gasteiger partial charge on any atom is 0.241 e. The minimum atomic E-state index is -3.74. The Kier molecular flexibility index (Phi) is 4.75. The summed E-state index contributed by atoms with van der Waals surface area (Å²) in [5, 5.41) is 2.66. The van der Waals surface area contributed by atoms with Crippen molar-refractivity contribution in [2.75, 3.05) is 25.1 Å². The molecule has 0 radical (unpaired) electrons. The predicted octanol–water partition coefficient (Wildman–Crippen LogP) is 1.86. The number of hydrogen-bond donors (Lipinski definition) is 2. The van der Waals surface area contributed by atoms with Crippen LogP contribution in [0, 0.1) is 0 Å². The van der Waals surface area contributed by atoms with Crippen LogP contribution in [-0.4, -0.2) is 34.1 Å². The van der Waals surface area contributed by atoms with Crippen molar-refractivity contribution < 1.29 is 22.7 Å². The number of anilines is 1. The van der Waals surface area contributed by atoms with Crippen molar-refractivity contribution in [2.45, 2.75) is 24.2 Å². The third-order valence-corrected chi connectivity index (χ3v) is 6.03. The molecule has 1 amide bonds. The van der Waals surface area contributed by atoms with Crippen molar-refractivity contribution in [2.24, 2.45) is 0 Å². The van der Waals surface area contributed by atoms with Gasteiger partial charge in [0.25, 0.3) is 0 Å². The topological polar surface area (TPSA) is 93.7 Å². The molecule has 0 bridgehead atoms. The summed E-state index contributed by atoms with van der Waals surface area (Å²) in [5.74, 6) is 0.714. The number of ether oxygens (including phenoxy) is 2. The highest BCUT2D eigenvalue weighted by molar-refractivity contribution is 7.89. The van der Waals surface area contributed by atoms with E-state index in [0.29, 0.717) is 30.4 Å². The maximum atomic E-state index is 12.5. The smallest absolute Gasteiger partial charge is 0.241 e. The van der Waals surface area contributed by atoms with Gasteiger partial charge in [0.1, 0.15) is 13.2 Å². The van der Waals surface area contributed by atoms with Gasteiger partial charge in [-0.2, -0.15) is 0 Å². The third-order valence-electron chi connectivity index (χ3n) is 4.63. The van der Waals surface area contributed by atoms with E-state index in [2.05, 4.69) is 10.0 Å². The summed E-state index contributed by atoms with van der Waals surface area (Å²) in [5.41, 5.74) is 2.78. The molecule has 2 aromatic carbocycles. The van der Waals surface area contributed by atoms with E-state index in [0.717, 1.165) is 24.8 Å². The lowest BCUT2D eigenvalue weighted by Gasteiger charge is -2.19. The molecular weight excluding hydrogens is 368 g/mol. The van der Waals surface area contributed by atoms with Gasteiger partial charge in [-0.25, -0.2) is 13.1 Å². The van der Waals surface area contributed by atoms with Crippen LogP contribution < -0.4 is 19.5 Å². The van der Waals surface area contributed by atoms with E-state index in [1.165, 1.54) is 5.56 Å². The Hall–Kier alpha value is -2.58. The largest absolute Gasteiger partial charge is 0.486 e. The van der Waals surface area contributed by atoms with Crippen LogP contribution in [0.2, 0.25) is 0 Å². The Morgan fingerprint density at radius 3 is 2.59 bits per heavy atom. The molecule has 0 saturated carbocycles. The summed E-state index contributed by atoms with van der Waals surface area (Å²) in [6.45, 7) is 0.585. The molecule has 0 spiro atoms. The van der Waals surface area contributed by atoms with Crippen molar-refractivity contribution in [3.05, 3.63) is 47.5 Å². The lowest BCUT2D eigenvalue weighted by Crippen LogP contribution is -2.33. The lowest BCUT2D eigenvalue weighted by atomic mass is 10.1. The minimum absolute atomic E-state index is 0.190. The number of rotatable bonds is 5. The lowest BCUT2D eigenvalue weighted by molar-refractivity contribution is -0.115. The van der Waals surface area contributed by atoms with E-state index in [-0.39, 0.29) is 11.4 Å². The van der Waals surface area contributed by atoms with Gasteiger partial charge in [0.15, 0.2) is 11.5 Å². The minimum Gasteiger partial charge on any atom is -0.486 e. The molecule has 7 nitrogen and oxygen atoms in total. The van der Waals surface area contributed by atoms with E-state index in [1.807, 2.05) is 6.07 Å². The quantitative estimate of drug-likeness (QED) is 0.816. The number of carbonyl (C=O) groups is 1. The first-order valence-corrected chi connectivity index (χ1v) is 10.3. The molecule has 8 heteroatoms. The molecule has 0 atom stereocenters. The molecule has 0 unspecified atom stereocenters. The number of nitrogens with one attached hydrogen (secondary N) is 2. The molecule has 4 rings (SSSR count). The Morgan fingerprint density at radius 1 is 0.963 bits per heavy atom. The average Bonchev–Trinajstić information content (AvgIpc) is 3.14. The van der Waals surface area contributed by atoms with E-state index in [9.17, 15) is 13.2 Å². The second-order valence-corrected chi connectivity index (χ2v) is 8.28. The number of carbonyl (C=O) groups excluding carboxylic acids is 1. The van der Waals surface area contributed by atoms with Gasteiger partial charge in [-0.1, -0.05) is 6.07 Å². The molecule has 1 aliphatic carbocycles. The normalized spacial score (nSPS) is 15.3. The summed E-state index contributed by atoms with van der Waals surface area (Å²) in [7, 11) is -3.74. The van der Waals surface area contributed by atoms with Crippen LogP contribution in [-0.2, 0) is 27.7 Å². The Balaban J connectivity index is 1.38. The summed E-state index contributed by atoms with van der Waals surface area (Å²) in [4.78, 5) is 12.3. The molecule has 1 heterocycles. The molecular formula is C19H20N2O5S. The van der Waals surface area contributed by atoms with Crippen molar-refractivity contribution in [1.29, 1.82) is 0 Å². The van der Waals surface area contributed by atoms with E-state index >= 15 is 0 Å². The molecule has 0 saturated heterocycles. The van der Waals surface area contributed by atoms with E-state index < -0.39 is 15.9 Å². The number of hydrogen-bond acceptors (Lipinski definition) is 5. The number of aryl methyl sites for hydroxylation is 2. The first-order chi connectivity index (χ1) is 13.0. The van der Waals surface area contributed by atoms with Gasteiger partial charge < -0.3 is 14.8 Å². The SMILES string of the molecule is O=C(CNS(=O)(=O)c1ccc2c(c1)CCC2)Nc1ccc2c(c1)OCCO2. The molecule has 27 heavy (non-hydrogen) atoms. The molecule has 0 aromatic heterocycles. The molecule has 1 aliphatic heterocycles. The van der Waals surface area contributed by atoms with Gasteiger partial charge in [0.2, 0.25) is 15.9 Å². The van der Waals surface area contributed by atoms with Crippen molar-refractivity contribution in [3.8, 4) is 11.5 Å². The van der Waals surface area contributed by atoms with Crippen LogP contribution in [0.15, 0.2) is 41.3 Å². The molecule has 2 aromatic rings. The van der Waals surface area contributed by atoms with Crippen LogP contribution in [0.4, 0.5) is 5.69 Å². The van der Waals surface area contributed by atoms with Gasteiger partial charge in [0.05, 0.1) is 11.4 Å². The third kappa shape index (κ3) is 3.91. The first kappa shape index (κ1) is 17.8. The fourth-order valence-corrected chi connectivity index (χ4v) is 4.32. The molecule has 142 valence electrons. The van der Waals surface area contributed by atoms with Gasteiger partial charge >= 0.3 is 0 Å². The van der Waals surface area contributed by atoms with Gasteiger partial charge in [-0.15, -0.1) is 0 Å².